The monoisotopic (exact) mass is 386 g/mol. The van der Waals surface area contributed by atoms with Crippen molar-refractivity contribution in [3.8, 4) is 11.5 Å². The Labute approximate surface area is 169 Å². The molecule has 6 nitrogen and oxygen atoms in total. The number of nitrogens with zero attached hydrogens (tertiary/aromatic N) is 3. The van der Waals surface area contributed by atoms with Crippen LogP contribution in [0.15, 0.2) is 72.8 Å². The number of para-hydroxylation sites is 1. The first-order chi connectivity index (χ1) is 14.1. The molecule has 4 aromatic rings. The summed E-state index contributed by atoms with van der Waals surface area (Å²) in [6.07, 6.45) is 0. The van der Waals surface area contributed by atoms with E-state index in [1.807, 2.05) is 91.7 Å². The fraction of sp³-hybridized carbons (Fsp3) is 0.130. The van der Waals surface area contributed by atoms with Crippen LogP contribution in [0.3, 0.4) is 0 Å². The van der Waals surface area contributed by atoms with Crippen molar-refractivity contribution in [1.82, 2.24) is 15.4 Å². The van der Waals surface area contributed by atoms with Gasteiger partial charge in [-0.15, -0.1) is 0 Å². The lowest BCUT2D eigenvalue weighted by molar-refractivity contribution is 0.161. The van der Waals surface area contributed by atoms with Crippen LogP contribution in [0.4, 0.5) is 11.5 Å². The molecule has 0 atom stereocenters. The molecular weight excluding hydrogens is 364 g/mol. The Balaban J connectivity index is 1.62. The van der Waals surface area contributed by atoms with E-state index in [0.717, 1.165) is 45.3 Å². The van der Waals surface area contributed by atoms with Crippen LogP contribution >= 0.6 is 0 Å². The summed E-state index contributed by atoms with van der Waals surface area (Å²) in [4.78, 5) is 11.2. The lowest BCUT2D eigenvalue weighted by Gasteiger charge is -2.21. The number of anilines is 2. The fourth-order valence-corrected chi connectivity index (χ4v) is 3.21. The number of hydroxylamine groups is 1. The zero-order chi connectivity index (χ0) is 20.2. The van der Waals surface area contributed by atoms with Gasteiger partial charge in [-0.3, -0.25) is 0 Å². The van der Waals surface area contributed by atoms with Crippen LogP contribution in [0.25, 0.3) is 10.9 Å². The van der Waals surface area contributed by atoms with Crippen molar-refractivity contribution in [1.29, 1.82) is 0 Å². The van der Waals surface area contributed by atoms with E-state index in [1.54, 1.807) is 0 Å². The molecule has 0 saturated heterocycles. The van der Waals surface area contributed by atoms with E-state index in [2.05, 4.69) is 15.4 Å². The molecule has 0 saturated carbocycles. The lowest BCUT2D eigenvalue weighted by atomic mass is 10.2. The van der Waals surface area contributed by atoms with Gasteiger partial charge >= 0.3 is 0 Å². The molecule has 0 aliphatic heterocycles. The fourth-order valence-electron chi connectivity index (χ4n) is 3.21. The van der Waals surface area contributed by atoms with Gasteiger partial charge in [-0.25, -0.2) is 15.4 Å². The topological polar surface area (TPSA) is 70.5 Å². The number of aromatic nitrogens is 2. The summed E-state index contributed by atoms with van der Waals surface area (Å²) in [5.74, 6) is 3.05. The summed E-state index contributed by atoms with van der Waals surface area (Å²) in [5.41, 5.74) is 5.01. The number of rotatable bonds is 6. The van der Waals surface area contributed by atoms with Crippen LogP contribution in [-0.2, 0) is 6.54 Å². The zero-order valence-corrected chi connectivity index (χ0v) is 16.3. The normalized spacial score (nSPS) is 10.9. The summed E-state index contributed by atoms with van der Waals surface area (Å²) in [5, 5.41) is 9.79. The smallest absolute Gasteiger partial charge is 0.144 e. The second kappa shape index (κ2) is 8.26. The maximum Gasteiger partial charge on any atom is 0.144 e. The number of benzene rings is 3. The van der Waals surface area contributed by atoms with Crippen molar-refractivity contribution >= 4 is 22.4 Å². The summed E-state index contributed by atoms with van der Waals surface area (Å²) in [7, 11) is 1.99. The molecule has 0 aliphatic carbocycles. The average molecular weight is 386 g/mol. The molecule has 0 radical (unpaired) electrons. The van der Waals surface area contributed by atoms with Crippen LogP contribution in [0, 0.1) is 6.92 Å². The number of nitrogens with one attached hydrogen (secondary N) is 1. The first kappa shape index (κ1) is 18.9. The third kappa shape index (κ3) is 4.18. The molecule has 6 heteroatoms. The molecule has 4 rings (SSSR count). The third-order valence-electron chi connectivity index (χ3n) is 4.66. The Hall–Kier alpha value is -3.48. The average Bonchev–Trinajstić information content (AvgIpc) is 2.74. The first-order valence-electron chi connectivity index (χ1n) is 9.35. The van der Waals surface area contributed by atoms with E-state index < -0.39 is 0 Å². The van der Waals surface area contributed by atoms with Crippen molar-refractivity contribution in [2.45, 2.75) is 13.5 Å². The summed E-state index contributed by atoms with van der Waals surface area (Å²) < 4.78 is 6.01. The highest BCUT2D eigenvalue weighted by Crippen LogP contribution is 2.32. The predicted octanol–water partition coefficient (Wildman–Crippen LogP) is 4.98. The number of aryl methyl sites for hydroxylation is 1. The largest absolute Gasteiger partial charge is 0.457 e. The second-order valence-electron chi connectivity index (χ2n) is 6.75. The third-order valence-corrected chi connectivity index (χ3v) is 4.66. The standard InChI is InChI=1S/C23H22N4O2/c1-16-25-22-9-4-3-8-21(22)23(26-16)27(2)18-6-5-7-20(14-18)29-19-12-10-17(11-13-19)15-24-28/h3-14,24,28H,15H2,1-2H3. The van der Waals surface area contributed by atoms with Gasteiger partial charge < -0.3 is 14.8 Å². The van der Waals surface area contributed by atoms with Gasteiger partial charge in [0.1, 0.15) is 23.1 Å². The first-order valence-corrected chi connectivity index (χ1v) is 9.35. The number of fused-ring (bicyclic) bond motifs is 1. The minimum absolute atomic E-state index is 0.396. The Bertz CT molecular complexity index is 1130. The van der Waals surface area contributed by atoms with Gasteiger partial charge in [-0.1, -0.05) is 30.3 Å². The van der Waals surface area contributed by atoms with Crippen LogP contribution in [0.5, 0.6) is 11.5 Å². The Kier molecular flexibility index (Phi) is 5.37. The SMILES string of the molecule is Cc1nc(N(C)c2cccc(Oc3ccc(CNO)cc3)c2)c2ccccc2n1. The number of hydrogen-bond acceptors (Lipinski definition) is 6. The van der Waals surface area contributed by atoms with Gasteiger partial charge in [-0.05, 0) is 48.9 Å². The lowest BCUT2D eigenvalue weighted by Crippen LogP contribution is -2.13. The van der Waals surface area contributed by atoms with E-state index in [1.165, 1.54) is 0 Å². The van der Waals surface area contributed by atoms with E-state index >= 15 is 0 Å². The molecular formula is C23H22N4O2. The summed E-state index contributed by atoms with van der Waals surface area (Å²) in [6.45, 7) is 2.30. The Morgan fingerprint density at radius 3 is 2.52 bits per heavy atom. The quantitative estimate of drug-likeness (QED) is 0.456. The molecule has 0 spiro atoms. The molecule has 1 aromatic heterocycles. The number of hydrogen-bond donors (Lipinski definition) is 2. The molecule has 146 valence electrons. The van der Waals surface area contributed by atoms with E-state index in [-0.39, 0.29) is 0 Å². The van der Waals surface area contributed by atoms with Crippen molar-refractivity contribution in [3.05, 3.63) is 84.2 Å². The van der Waals surface area contributed by atoms with Crippen LogP contribution in [-0.4, -0.2) is 22.2 Å². The van der Waals surface area contributed by atoms with Crippen LogP contribution in [0.1, 0.15) is 11.4 Å². The Morgan fingerprint density at radius 2 is 1.72 bits per heavy atom. The van der Waals surface area contributed by atoms with Gasteiger partial charge in [0.05, 0.1) is 5.52 Å². The highest BCUT2D eigenvalue weighted by atomic mass is 16.5. The van der Waals surface area contributed by atoms with E-state index in [4.69, 9.17) is 9.94 Å². The Morgan fingerprint density at radius 1 is 0.931 bits per heavy atom. The molecule has 3 aromatic carbocycles. The van der Waals surface area contributed by atoms with Crippen molar-refractivity contribution in [3.63, 3.8) is 0 Å². The van der Waals surface area contributed by atoms with E-state index in [0.29, 0.717) is 6.54 Å². The van der Waals surface area contributed by atoms with Gasteiger partial charge in [-0.2, -0.15) is 0 Å². The minimum Gasteiger partial charge on any atom is -0.457 e. The maximum atomic E-state index is 8.79. The number of ether oxygens (including phenoxy) is 1. The van der Waals surface area contributed by atoms with Gasteiger partial charge in [0.2, 0.25) is 0 Å². The van der Waals surface area contributed by atoms with Gasteiger partial charge in [0, 0.05) is 30.7 Å². The molecule has 0 fully saturated rings. The summed E-state index contributed by atoms with van der Waals surface area (Å²) >= 11 is 0. The highest BCUT2D eigenvalue weighted by molar-refractivity contribution is 5.91. The summed E-state index contributed by atoms with van der Waals surface area (Å²) in [6, 6.07) is 23.5. The zero-order valence-electron chi connectivity index (χ0n) is 16.3. The van der Waals surface area contributed by atoms with Crippen LogP contribution in [0.2, 0.25) is 0 Å². The van der Waals surface area contributed by atoms with Gasteiger partial charge in [0.25, 0.3) is 0 Å². The van der Waals surface area contributed by atoms with E-state index in [9.17, 15) is 0 Å². The molecule has 2 N–H and O–H groups in total. The maximum absolute atomic E-state index is 8.79. The molecule has 1 heterocycles. The van der Waals surface area contributed by atoms with Gasteiger partial charge in [0.15, 0.2) is 0 Å². The molecule has 0 bridgehead atoms. The molecule has 29 heavy (non-hydrogen) atoms. The molecule has 0 unspecified atom stereocenters. The highest BCUT2D eigenvalue weighted by Gasteiger charge is 2.12. The van der Waals surface area contributed by atoms with Crippen LogP contribution < -0.4 is 15.1 Å². The van der Waals surface area contributed by atoms with Crippen molar-refractivity contribution < 1.29 is 9.94 Å². The van der Waals surface area contributed by atoms with Crippen molar-refractivity contribution in [2.24, 2.45) is 0 Å². The van der Waals surface area contributed by atoms with Crippen molar-refractivity contribution in [2.75, 3.05) is 11.9 Å². The second-order valence-corrected chi connectivity index (χ2v) is 6.75. The molecule has 0 amide bonds. The predicted molar refractivity (Wildman–Crippen MR) is 114 cm³/mol. The minimum atomic E-state index is 0.396. The molecule has 0 aliphatic rings.